The Labute approximate surface area is 113 Å². The Bertz CT molecular complexity index is 565. The van der Waals surface area contributed by atoms with E-state index in [1.54, 1.807) is 30.1 Å². The van der Waals surface area contributed by atoms with Crippen LogP contribution in [0.3, 0.4) is 0 Å². The second kappa shape index (κ2) is 5.26. The van der Waals surface area contributed by atoms with E-state index in [-0.39, 0.29) is 5.97 Å². The fraction of sp³-hybridized carbons (Fsp3) is 0.333. The molecular formula is C15H18N2O2. The van der Waals surface area contributed by atoms with E-state index in [2.05, 4.69) is 5.10 Å². The summed E-state index contributed by atoms with van der Waals surface area (Å²) in [6.07, 6.45) is 3.40. The molecule has 1 heterocycles. The lowest BCUT2D eigenvalue weighted by molar-refractivity contribution is -0.138. The summed E-state index contributed by atoms with van der Waals surface area (Å²) in [5.41, 5.74) is 3.10. The number of rotatable bonds is 3. The fourth-order valence-corrected chi connectivity index (χ4v) is 2.13. The molecule has 0 aliphatic heterocycles. The van der Waals surface area contributed by atoms with Crippen molar-refractivity contribution in [1.29, 1.82) is 0 Å². The zero-order chi connectivity index (χ0) is 14.0. The van der Waals surface area contributed by atoms with Crippen LogP contribution in [0.5, 0.6) is 5.75 Å². The van der Waals surface area contributed by atoms with Crippen LogP contribution in [0.4, 0.5) is 0 Å². The highest BCUT2D eigenvalue weighted by molar-refractivity contribution is 5.77. The molecule has 0 N–H and O–H groups in total. The number of hydrogen-bond donors (Lipinski definition) is 0. The van der Waals surface area contributed by atoms with E-state index in [1.165, 1.54) is 0 Å². The zero-order valence-corrected chi connectivity index (χ0v) is 11.7. The summed E-state index contributed by atoms with van der Waals surface area (Å²) in [5, 5.41) is 4.05. The largest absolute Gasteiger partial charge is 0.424 e. The molecule has 2 rings (SSSR count). The maximum atomic E-state index is 12.1. The molecule has 1 aromatic carbocycles. The quantitative estimate of drug-likeness (QED) is 0.628. The number of ether oxygens (including phenoxy) is 1. The summed E-state index contributed by atoms with van der Waals surface area (Å²) >= 11 is 0. The predicted octanol–water partition coefficient (Wildman–Crippen LogP) is 2.97. The lowest BCUT2D eigenvalue weighted by Crippen LogP contribution is -2.22. The van der Waals surface area contributed by atoms with Crippen molar-refractivity contribution in [2.45, 2.75) is 33.7 Å². The highest BCUT2D eigenvalue weighted by atomic mass is 16.5. The molecule has 100 valence electrons. The second-order valence-electron chi connectivity index (χ2n) is 4.81. The van der Waals surface area contributed by atoms with Crippen LogP contribution in [0, 0.1) is 20.8 Å². The van der Waals surface area contributed by atoms with Crippen molar-refractivity contribution < 1.29 is 9.53 Å². The standard InChI is InChI=1S/C15H18N2O2/c1-10-8-11(2)14(12(3)9-10)19-15(18)13(4)17-7-5-6-16-17/h5-9,13H,1-4H3. The Hall–Kier alpha value is -2.10. The highest BCUT2D eigenvalue weighted by Crippen LogP contribution is 2.25. The number of hydrogen-bond acceptors (Lipinski definition) is 3. The molecule has 0 bridgehead atoms. The van der Waals surface area contributed by atoms with Crippen LogP contribution in [0.25, 0.3) is 0 Å². The van der Waals surface area contributed by atoms with Crippen LogP contribution in [0.15, 0.2) is 30.6 Å². The normalized spacial score (nSPS) is 12.2. The van der Waals surface area contributed by atoms with Crippen LogP contribution < -0.4 is 4.74 Å². The van der Waals surface area contributed by atoms with Gasteiger partial charge < -0.3 is 4.74 Å². The molecule has 19 heavy (non-hydrogen) atoms. The van der Waals surface area contributed by atoms with E-state index in [4.69, 9.17) is 4.74 Å². The van der Waals surface area contributed by atoms with Crippen molar-refractivity contribution in [3.05, 3.63) is 47.3 Å². The summed E-state index contributed by atoms with van der Waals surface area (Å²) in [7, 11) is 0. The van der Waals surface area contributed by atoms with E-state index < -0.39 is 6.04 Å². The average molecular weight is 258 g/mol. The average Bonchev–Trinajstić information content (AvgIpc) is 2.86. The van der Waals surface area contributed by atoms with Gasteiger partial charge in [-0.2, -0.15) is 5.10 Å². The topological polar surface area (TPSA) is 44.1 Å². The van der Waals surface area contributed by atoms with Crippen LogP contribution in [0.1, 0.15) is 29.7 Å². The lowest BCUT2D eigenvalue weighted by Gasteiger charge is -2.15. The third-order valence-electron chi connectivity index (χ3n) is 3.07. The third-order valence-corrected chi connectivity index (χ3v) is 3.07. The van der Waals surface area contributed by atoms with Gasteiger partial charge in [-0.15, -0.1) is 0 Å². The number of esters is 1. The predicted molar refractivity (Wildman–Crippen MR) is 73.2 cm³/mol. The Morgan fingerprint density at radius 3 is 2.42 bits per heavy atom. The first kappa shape index (κ1) is 13.3. The molecule has 0 fully saturated rings. The maximum absolute atomic E-state index is 12.1. The Kier molecular flexibility index (Phi) is 3.69. The molecule has 0 saturated carbocycles. The number of aromatic nitrogens is 2. The van der Waals surface area contributed by atoms with Gasteiger partial charge in [-0.1, -0.05) is 17.7 Å². The summed E-state index contributed by atoms with van der Waals surface area (Å²) in [5.74, 6) is 0.341. The Balaban J connectivity index is 2.20. The summed E-state index contributed by atoms with van der Waals surface area (Å²) in [6.45, 7) is 7.69. The molecule has 1 aromatic heterocycles. The smallest absolute Gasteiger partial charge is 0.336 e. The molecule has 4 heteroatoms. The molecular weight excluding hydrogens is 240 g/mol. The third kappa shape index (κ3) is 2.84. The van der Waals surface area contributed by atoms with Crippen molar-refractivity contribution in [2.24, 2.45) is 0 Å². The van der Waals surface area contributed by atoms with Gasteiger partial charge in [0, 0.05) is 12.4 Å². The van der Waals surface area contributed by atoms with Gasteiger partial charge in [0.1, 0.15) is 11.8 Å². The molecule has 0 saturated heterocycles. The zero-order valence-electron chi connectivity index (χ0n) is 11.7. The van der Waals surface area contributed by atoms with Crippen molar-refractivity contribution in [3.63, 3.8) is 0 Å². The summed E-state index contributed by atoms with van der Waals surface area (Å²) in [4.78, 5) is 12.1. The van der Waals surface area contributed by atoms with E-state index in [9.17, 15) is 4.79 Å². The number of carbonyl (C=O) groups excluding carboxylic acids is 1. The van der Waals surface area contributed by atoms with Gasteiger partial charge in [0.05, 0.1) is 0 Å². The molecule has 0 amide bonds. The minimum absolute atomic E-state index is 0.307. The Morgan fingerprint density at radius 2 is 1.89 bits per heavy atom. The number of nitrogens with zero attached hydrogens (tertiary/aromatic N) is 2. The van der Waals surface area contributed by atoms with E-state index in [0.717, 1.165) is 16.7 Å². The molecule has 0 spiro atoms. The van der Waals surface area contributed by atoms with Crippen molar-refractivity contribution in [3.8, 4) is 5.75 Å². The molecule has 0 aliphatic rings. The van der Waals surface area contributed by atoms with Gasteiger partial charge in [-0.25, -0.2) is 4.79 Å². The van der Waals surface area contributed by atoms with E-state index in [0.29, 0.717) is 5.75 Å². The van der Waals surface area contributed by atoms with E-state index in [1.807, 2.05) is 32.9 Å². The molecule has 1 unspecified atom stereocenters. The minimum atomic E-state index is -0.435. The van der Waals surface area contributed by atoms with Crippen molar-refractivity contribution >= 4 is 5.97 Å². The van der Waals surface area contributed by atoms with Crippen LogP contribution in [-0.4, -0.2) is 15.7 Å². The van der Waals surface area contributed by atoms with E-state index >= 15 is 0 Å². The number of benzene rings is 1. The minimum Gasteiger partial charge on any atom is -0.424 e. The van der Waals surface area contributed by atoms with Gasteiger partial charge >= 0.3 is 5.97 Å². The van der Waals surface area contributed by atoms with Gasteiger partial charge in [0.15, 0.2) is 0 Å². The number of carbonyl (C=O) groups is 1. The first-order valence-corrected chi connectivity index (χ1v) is 6.27. The van der Waals surface area contributed by atoms with Crippen LogP contribution in [0.2, 0.25) is 0 Å². The van der Waals surface area contributed by atoms with Crippen molar-refractivity contribution in [2.75, 3.05) is 0 Å². The van der Waals surface area contributed by atoms with Crippen LogP contribution in [-0.2, 0) is 4.79 Å². The summed E-state index contributed by atoms with van der Waals surface area (Å²) in [6, 6.07) is 5.37. The van der Waals surface area contributed by atoms with Crippen molar-refractivity contribution in [1.82, 2.24) is 9.78 Å². The molecule has 0 aliphatic carbocycles. The maximum Gasteiger partial charge on any atom is 0.336 e. The lowest BCUT2D eigenvalue weighted by atomic mass is 10.1. The van der Waals surface area contributed by atoms with Gasteiger partial charge in [0.2, 0.25) is 0 Å². The number of aryl methyl sites for hydroxylation is 3. The monoisotopic (exact) mass is 258 g/mol. The summed E-state index contributed by atoms with van der Waals surface area (Å²) < 4.78 is 7.10. The van der Waals surface area contributed by atoms with Gasteiger partial charge in [0.25, 0.3) is 0 Å². The molecule has 2 aromatic rings. The highest BCUT2D eigenvalue weighted by Gasteiger charge is 2.19. The first-order chi connectivity index (χ1) is 8.99. The van der Waals surface area contributed by atoms with Gasteiger partial charge in [-0.3, -0.25) is 4.68 Å². The van der Waals surface area contributed by atoms with Crippen LogP contribution >= 0.6 is 0 Å². The molecule has 4 nitrogen and oxygen atoms in total. The van der Waals surface area contributed by atoms with Gasteiger partial charge in [-0.05, 0) is 44.9 Å². The Morgan fingerprint density at radius 1 is 1.26 bits per heavy atom. The second-order valence-corrected chi connectivity index (χ2v) is 4.81. The first-order valence-electron chi connectivity index (χ1n) is 6.27. The molecule has 1 atom stereocenters. The molecule has 0 radical (unpaired) electrons. The fourth-order valence-electron chi connectivity index (χ4n) is 2.13. The SMILES string of the molecule is Cc1cc(C)c(OC(=O)C(C)n2cccn2)c(C)c1.